The average Bonchev–Trinajstić information content (AvgIpc) is 0.722. The predicted molar refractivity (Wildman–Crippen MR) is 5.75 cm³/mol. The Morgan fingerprint density at radius 3 is 0.857 bits per heavy atom. The van der Waals surface area contributed by atoms with Crippen LogP contribution in [0, 0.1) is 0 Å². The quantitative estimate of drug-likeness (QED) is 0.358. The molecule has 7 heavy (non-hydrogen) atoms. The second kappa shape index (κ2) is 5.97. The first kappa shape index (κ1) is 15.9. The van der Waals surface area contributed by atoms with Gasteiger partial charge in [0.25, 0.3) is 0 Å². The zero-order chi connectivity index (χ0) is 4.50. The van der Waals surface area contributed by atoms with Gasteiger partial charge in [0, 0.05) is 0 Å². The van der Waals surface area contributed by atoms with Crippen LogP contribution < -0.4 is 14.8 Å². The van der Waals surface area contributed by atoms with Gasteiger partial charge >= 0.3 is 73.0 Å². The molecular weight excluding hydrogens is 191 g/mol. The summed E-state index contributed by atoms with van der Waals surface area (Å²) < 4.78 is 34.5. The van der Waals surface area contributed by atoms with Gasteiger partial charge in [-0.2, -0.15) is 0 Å². The van der Waals surface area contributed by atoms with Gasteiger partial charge in [-0.25, -0.2) is 0 Å². The molecule has 0 atom stereocenters. The Morgan fingerprint density at radius 2 is 0.857 bits per heavy atom. The van der Waals surface area contributed by atoms with E-state index in [0.717, 1.165) is 0 Å². The molecule has 0 aromatic carbocycles. The Kier molecular flexibility index (Phi) is 13.6. The Morgan fingerprint density at radius 1 is 0.857 bits per heavy atom. The molecular formula is MgMnO4Ti. The molecule has 0 rings (SSSR count). The van der Waals surface area contributed by atoms with Crippen molar-refractivity contribution in [2.24, 2.45) is 0 Å². The summed E-state index contributed by atoms with van der Waals surface area (Å²) in [4.78, 5) is 0. The molecule has 0 saturated heterocycles. The topological polar surface area (TPSA) is 92.2 Å². The Balaban J connectivity index is -0.0000000800. The average molecular weight is 191 g/mol. The van der Waals surface area contributed by atoms with E-state index < -0.39 is 18.1 Å². The second-order valence-electron chi connectivity index (χ2n) is 0.500. The van der Waals surface area contributed by atoms with Crippen LogP contribution in [0.25, 0.3) is 0 Å². The molecule has 0 aromatic heterocycles. The van der Waals surface area contributed by atoms with E-state index in [1.54, 1.807) is 0 Å². The van der Waals surface area contributed by atoms with Crippen molar-refractivity contribution in [3.63, 3.8) is 0 Å². The maximum atomic E-state index is 8.62. The minimum atomic E-state index is -6.00. The Labute approximate surface area is 72.4 Å². The summed E-state index contributed by atoms with van der Waals surface area (Å²) in [6, 6.07) is 0. The van der Waals surface area contributed by atoms with E-state index in [-0.39, 0.29) is 40.1 Å². The third kappa shape index (κ3) is 79.0. The van der Waals surface area contributed by atoms with Gasteiger partial charge in [-0.3, -0.25) is 0 Å². The molecule has 0 bridgehead atoms. The van der Waals surface area contributed by atoms with Crippen LogP contribution in [0.15, 0.2) is 0 Å². The van der Waals surface area contributed by atoms with E-state index in [9.17, 15) is 0 Å². The third-order valence-electron chi connectivity index (χ3n) is 0. The van der Waals surface area contributed by atoms with E-state index in [0.29, 0.717) is 0 Å². The van der Waals surface area contributed by atoms with Gasteiger partial charge in [-0.05, 0) is 0 Å². The first-order chi connectivity index (χ1) is 2.00. The molecule has 0 amide bonds. The van der Waals surface area contributed by atoms with Crippen molar-refractivity contribution in [3.8, 4) is 0 Å². The zero-order valence-electron chi connectivity index (χ0n) is 3.22. The standard InChI is InChI=1S/Mg.Mn.4O.Ti/q2*+2;4*-1;. The molecule has 0 aromatic rings. The molecule has 0 spiro atoms. The SMILES string of the molecule is [Mg+2].[Mn+2].[O-][Ti]([O-])([O-])[O-]. The van der Waals surface area contributed by atoms with Crippen LogP contribution in [0.5, 0.6) is 0 Å². The molecule has 0 heterocycles. The van der Waals surface area contributed by atoms with E-state index in [1.807, 2.05) is 0 Å². The number of rotatable bonds is 0. The molecule has 1 radical (unpaired) electrons. The van der Waals surface area contributed by atoms with Gasteiger partial charge in [0.2, 0.25) is 0 Å². The molecule has 7 heteroatoms. The predicted octanol–water partition coefficient (Wildman–Crippen LogP) is -5.14. The summed E-state index contributed by atoms with van der Waals surface area (Å²) in [5, 5.41) is 0. The number of hydrogen-bond acceptors (Lipinski definition) is 4. The molecule has 37 valence electrons. The van der Waals surface area contributed by atoms with E-state index in [2.05, 4.69) is 0 Å². The zero-order valence-corrected chi connectivity index (χ0v) is 7.37. The first-order valence-electron chi connectivity index (χ1n) is 0.816. The Bertz CT molecular complexity index is 27.2. The molecule has 0 aliphatic heterocycles. The molecule has 0 saturated carbocycles. The third-order valence-corrected chi connectivity index (χ3v) is 0. The molecule has 0 aliphatic rings. The van der Waals surface area contributed by atoms with Crippen LogP contribution in [0.3, 0.4) is 0 Å². The fourth-order valence-electron chi connectivity index (χ4n) is 0. The van der Waals surface area contributed by atoms with E-state index in [4.69, 9.17) is 14.8 Å². The van der Waals surface area contributed by atoms with Crippen molar-refractivity contribution in [1.29, 1.82) is 0 Å². The molecule has 4 nitrogen and oxygen atoms in total. The summed E-state index contributed by atoms with van der Waals surface area (Å²) in [5.74, 6) is 0. The van der Waals surface area contributed by atoms with Crippen LogP contribution in [0.4, 0.5) is 0 Å². The van der Waals surface area contributed by atoms with Crippen LogP contribution in [-0.2, 0) is 35.2 Å². The fraction of sp³-hybridized carbons (Fsp3) is 0. The van der Waals surface area contributed by atoms with Gasteiger partial charge in [0.05, 0.1) is 0 Å². The monoisotopic (exact) mass is 191 g/mol. The van der Waals surface area contributed by atoms with Gasteiger partial charge in [0.1, 0.15) is 0 Å². The van der Waals surface area contributed by atoms with Crippen LogP contribution in [0.1, 0.15) is 0 Å². The summed E-state index contributed by atoms with van der Waals surface area (Å²) in [6.07, 6.45) is 0. The maximum absolute atomic E-state index is 8.62. The normalized spacial score (nSPS) is 8.57. The van der Waals surface area contributed by atoms with Gasteiger partial charge in [-0.1, -0.05) is 0 Å². The van der Waals surface area contributed by atoms with Crippen LogP contribution in [0.2, 0.25) is 0 Å². The van der Waals surface area contributed by atoms with Crippen molar-refractivity contribution in [1.82, 2.24) is 0 Å². The summed E-state index contributed by atoms with van der Waals surface area (Å²) in [7, 11) is 0. The summed E-state index contributed by atoms with van der Waals surface area (Å²) >= 11 is -6.00. The second-order valence-corrected chi connectivity index (χ2v) is 2.06. The summed E-state index contributed by atoms with van der Waals surface area (Å²) in [5.41, 5.74) is 0. The molecule has 0 fully saturated rings. The van der Waals surface area contributed by atoms with Crippen LogP contribution >= 0.6 is 0 Å². The van der Waals surface area contributed by atoms with Gasteiger partial charge < -0.3 is 0 Å². The minimum absolute atomic E-state index is 0. The molecule has 0 N–H and O–H groups in total. The van der Waals surface area contributed by atoms with Crippen molar-refractivity contribution in [2.45, 2.75) is 0 Å². The van der Waals surface area contributed by atoms with Gasteiger partial charge in [-0.15, -0.1) is 0 Å². The molecule has 0 unspecified atom stereocenters. The number of hydrogen-bond donors (Lipinski definition) is 0. The van der Waals surface area contributed by atoms with Crippen molar-refractivity contribution < 1.29 is 50.0 Å². The van der Waals surface area contributed by atoms with E-state index >= 15 is 0 Å². The van der Waals surface area contributed by atoms with E-state index in [1.165, 1.54) is 0 Å². The fourth-order valence-corrected chi connectivity index (χ4v) is 0. The van der Waals surface area contributed by atoms with Crippen molar-refractivity contribution >= 4 is 23.1 Å². The van der Waals surface area contributed by atoms with Crippen LogP contribution in [-0.4, -0.2) is 23.1 Å². The summed E-state index contributed by atoms with van der Waals surface area (Å²) in [6.45, 7) is 0. The first-order valence-corrected chi connectivity index (χ1v) is 3.37. The van der Waals surface area contributed by atoms with Crippen molar-refractivity contribution in [2.75, 3.05) is 0 Å². The van der Waals surface area contributed by atoms with Crippen molar-refractivity contribution in [3.05, 3.63) is 0 Å². The van der Waals surface area contributed by atoms with Gasteiger partial charge in [0.15, 0.2) is 0 Å². The Hall–Kier alpha value is 1.84. The molecule has 0 aliphatic carbocycles.